The van der Waals surface area contributed by atoms with Crippen molar-refractivity contribution in [1.29, 1.82) is 0 Å². The largest absolute Gasteiger partial charge is 0.496 e. The number of ether oxygens (including phenoxy) is 2. The molecular weight excluding hydrogens is 634 g/mol. The lowest BCUT2D eigenvalue weighted by Crippen LogP contribution is -2.37. The Bertz CT molecular complexity index is 1570. The molecule has 0 aliphatic heterocycles. The Morgan fingerprint density at radius 1 is 0.979 bits per heavy atom. The first kappa shape index (κ1) is 36.9. The number of nitrogens with one attached hydrogen (secondary N) is 1. The number of nitrogens with zero attached hydrogens (tertiary/aromatic N) is 2. The van der Waals surface area contributed by atoms with E-state index in [0.29, 0.717) is 41.3 Å². The average molecular weight is 684 g/mol. The zero-order valence-corrected chi connectivity index (χ0v) is 30.2. The van der Waals surface area contributed by atoms with Gasteiger partial charge in [0.05, 0.1) is 18.6 Å². The zero-order chi connectivity index (χ0) is 34.1. The molecule has 4 rings (SSSR count). The Kier molecular flexibility index (Phi) is 13.3. The third-order valence-electron chi connectivity index (χ3n) is 9.41. The van der Waals surface area contributed by atoms with Crippen LogP contribution in [-0.2, 0) is 26.1 Å². The summed E-state index contributed by atoms with van der Waals surface area (Å²) in [5.74, 6) is 1.45. The van der Waals surface area contributed by atoms with Crippen molar-refractivity contribution in [2.45, 2.75) is 63.9 Å². The van der Waals surface area contributed by atoms with Gasteiger partial charge in [0.25, 0.3) is 0 Å². The van der Waals surface area contributed by atoms with Gasteiger partial charge in [0.2, 0.25) is 15.9 Å². The van der Waals surface area contributed by atoms with Crippen LogP contribution in [0, 0.1) is 32.6 Å². The molecule has 0 spiro atoms. The second-order valence-electron chi connectivity index (χ2n) is 12.9. The molecule has 1 saturated carbocycles. The second-order valence-corrected chi connectivity index (χ2v) is 15.2. The predicted molar refractivity (Wildman–Crippen MR) is 188 cm³/mol. The highest BCUT2D eigenvalue weighted by Gasteiger charge is 2.31. The van der Waals surface area contributed by atoms with E-state index in [1.54, 1.807) is 20.1 Å². The maximum atomic E-state index is 14.1. The smallest absolute Gasteiger partial charge is 0.246 e. The lowest BCUT2D eigenvalue weighted by Gasteiger charge is -2.37. The molecule has 1 N–H and O–H groups in total. The van der Waals surface area contributed by atoms with Gasteiger partial charge in [0.1, 0.15) is 12.4 Å². The van der Waals surface area contributed by atoms with Gasteiger partial charge in [-0.3, -0.25) is 4.79 Å². The Hall–Kier alpha value is -2.95. The highest BCUT2D eigenvalue weighted by atomic mass is 35.5. The molecule has 0 heterocycles. The summed E-state index contributed by atoms with van der Waals surface area (Å²) >= 11 is 6.12. The first-order valence-electron chi connectivity index (χ1n) is 16.4. The van der Waals surface area contributed by atoms with Crippen LogP contribution < -0.4 is 10.1 Å². The number of aryl methyl sites for hydroxylation is 1. The van der Waals surface area contributed by atoms with Crippen LogP contribution in [0.1, 0.15) is 59.5 Å². The minimum Gasteiger partial charge on any atom is -0.496 e. The van der Waals surface area contributed by atoms with Gasteiger partial charge < -0.3 is 19.7 Å². The first-order valence-corrected chi connectivity index (χ1v) is 18.2. The van der Waals surface area contributed by atoms with E-state index in [9.17, 15) is 13.2 Å². The lowest BCUT2D eigenvalue weighted by atomic mass is 9.76. The minimum atomic E-state index is -3.88. The van der Waals surface area contributed by atoms with E-state index in [1.807, 2.05) is 56.3 Å². The van der Waals surface area contributed by atoms with E-state index < -0.39 is 10.0 Å². The highest BCUT2D eigenvalue weighted by molar-refractivity contribution is 7.89. The molecule has 1 aliphatic rings. The number of sulfonamides is 1. The topological polar surface area (TPSA) is 88.2 Å². The highest BCUT2D eigenvalue weighted by Crippen LogP contribution is 2.39. The van der Waals surface area contributed by atoms with E-state index in [2.05, 4.69) is 36.4 Å². The Labute approximate surface area is 286 Å². The Balaban J connectivity index is 1.29. The van der Waals surface area contributed by atoms with Gasteiger partial charge in [-0.15, -0.1) is 0 Å². The van der Waals surface area contributed by atoms with Gasteiger partial charge in [-0.25, -0.2) is 8.42 Å². The summed E-state index contributed by atoms with van der Waals surface area (Å²) in [5, 5.41) is 3.79. The van der Waals surface area contributed by atoms with Crippen LogP contribution in [0.15, 0.2) is 65.6 Å². The van der Waals surface area contributed by atoms with Gasteiger partial charge in [-0.2, -0.15) is 4.31 Å². The van der Waals surface area contributed by atoms with Crippen molar-refractivity contribution < 1.29 is 22.7 Å². The summed E-state index contributed by atoms with van der Waals surface area (Å²) in [6.07, 6.45) is 4.31. The SMILES string of the molecule is COc1cc(C)c(S(=O)(=O)N(CCOCC(=O)NCC2CCC(C(c3ccc(Cl)cc3)N(C)C)CC2)Cc2ccccc2)c(C)c1C. The summed E-state index contributed by atoms with van der Waals surface area (Å²) < 4.78 is 40.8. The molecule has 1 aliphatic carbocycles. The Morgan fingerprint density at radius 2 is 1.64 bits per heavy atom. The quantitative estimate of drug-likeness (QED) is 0.179. The molecule has 256 valence electrons. The van der Waals surface area contributed by atoms with Gasteiger partial charge in [0, 0.05) is 30.7 Å². The van der Waals surface area contributed by atoms with Crippen molar-refractivity contribution in [3.63, 3.8) is 0 Å². The van der Waals surface area contributed by atoms with Crippen molar-refractivity contribution >= 4 is 27.5 Å². The van der Waals surface area contributed by atoms with Crippen LogP contribution in [0.3, 0.4) is 0 Å². The molecule has 8 nitrogen and oxygen atoms in total. The van der Waals surface area contributed by atoms with E-state index in [1.165, 1.54) is 9.87 Å². The van der Waals surface area contributed by atoms with Crippen molar-refractivity contribution in [3.05, 3.63) is 93.5 Å². The van der Waals surface area contributed by atoms with Crippen molar-refractivity contribution in [2.75, 3.05) is 47.5 Å². The molecule has 1 unspecified atom stereocenters. The first-order chi connectivity index (χ1) is 22.4. The maximum absolute atomic E-state index is 14.1. The molecule has 10 heteroatoms. The van der Waals surface area contributed by atoms with Crippen LogP contribution in [0.2, 0.25) is 5.02 Å². The van der Waals surface area contributed by atoms with E-state index in [-0.39, 0.29) is 37.1 Å². The average Bonchev–Trinajstić information content (AvgIpc) is 3.05. The standard InChI is InChI=1S/C37H50ClN3O5S/c1-26-22-34(45-6)27(2)28(3)37(26)47(43,44)41(24-30-10-8-7-9-11-30)20-21-46-25-35(42)39-23-29-12-14-31(15-13-29)36(40(4)5)32-16-18-33(38)19-17-32/h7-11,16-19,22,29,31,36H,12-15,20-21,23-25H2,1-6H3,(H,39,42). The van der Waals surface area contributed by atoms with Crippen molar-refractivity contribution in [2.24, 2.45) is 11.8 Å². The number of methoxy groups -OCH3 is 1. The summed E-state index contributed by atoms with van der Waals surface area (Å²) in [6.45, 7) is 6.36. The number of hydrogen-bond donors (Lipinski definition) is 1. The fourth-order valence-corrected chi connectivity index (χ4v) is 8.85. The summed E-state index contributed by atoms with van der Waals surface area (Å²) in [4.78, 5) is 15.3. The summed E-state index contributed by atoms with van der Waals surface area (Å²) in [5.41, 5.74) is 4.23. The van der Waals surface area contributed by atoms with E-state index >= 15 is 0 Å². The normalized spacial score (nSPS) is 17.6. The molecule has 1 fully saturated rings. The molecule has 1 atom stereocenters. The van der Waals surface area contributed by atoms with Gasteiger partial charge >= 0.3 is 0 Å². The summed E-state index contributed by atoms with van der Waals surface area (Å²) in [6, 6.07) is 19.8. The van der Waals surface area contributed by atoms with Crippen LogP contribution in [0.5, 0.6) is 5.75 Å². The number of rotatable bonds is 15. The van der Waals surface area contributed by atoms with Crippen LogP contribution >= 0.6 is 11.6 Å². The fraction of sp³-hybridized carbons (Fsp3) is 0.486. The summed E-state index contributed by atoms with van der Waals surface area (Å²) in [7, 11) is 1.96. The third-order valence-corrected chi connectivity index (χ3v) is 11.8. The van der Waals surface area contributed by atoms with Crippen molar-refractivity contribution in [1.82, 2.24) is 14.5 Å². The van der Waals surface area contributed by atoms with Gasteiger partial charge in [0.15, 0.2) is 0 Å². The van der Waals surface area contributed by atoms with Crippen LogP contribution in [-0.4, -0.2) is 71.0 Å². The molecule has 1 amide bonds. The fourth-order valence-electron chi connectivity index (χ4n) is 6.83. The molecule has 0 bridgehead atoms. The number of carbonyl (C=O) groups excluding carboxylic acids is 1. The number of hydrogen-bond acceptors (Lipinski definition) is 6. The van der Waals surface area contributed by atoms with E-state index in [4.69, 9.17) is 21.1 Å². The minimum absolute atomic E-state index is 0.0917. The van der Waals surface area contributed by atoms with Gasteiger partial charge in [-0.1, -0.05) is 54.1 Å². The van der Waals surface area contributed by atoms with Gasteiger partial charge in [-0.05, 0) is 118 Å². The lowest BCUT2D eigenvalue weighted by molar-refractivity contribution is -0.126. The molecule has 0 aromatic heterocycles. The second kappa shape index (κ2) is 16.9. The Morgan fingerprint density at radius 3 is 2.26 bits per heavy atom. The van der Waals surface area contributed by atoms with Crippen molar-refractivity contribution in [3.8, 4) is 5.75 Å². The third kappa shape index (κ3) is 9.57. The molecule has 0 saturated heterocycles. The number of benzene rings is 3. The van der Waals surface area contributed by atoms with Crippen LogP contribution in [0.25, 0.3) is 0 Å². The molecular formula is C37H50ClN3O5S. The van der Waals surface area contributed by atoms with E-state index in [0.717, 1.165) is 41.8 Å². The monoisotopic (exact) mass is 683 g/mol. The predicted octanol–water partition coefficient (Wildman–Crippen LogP) is 6.71. The molecule has 47 heavy (non-hydrogen) atoms. The maximum Gasteiger partial charge on any atom is 0.246 e. The molecule has 3 aromatic rings. The zero-order valence-electron chi connectivity index (χ0n) is 28.6. The molecule has 3 aromatic carbocycles. The number of amides is 1. The molecule has 0 radical (unpaired) electrons. The number of halogens is 1. The van der Waals surface area contributed by atoms with Crippen LogP contribution in [0.4, 0.5) is 0 Å². The number of carbonyl (C=O) groups is 1.